The van der Waals surface area contributed by atoms with Crippen molar-refractivity contribution in [2.75, 3.05) is 71.4 Å². The van der Waals surface area contributed by atoms with Gasteiger partial charge in [0.1, 0.15) is 0 Å². The summed E-state index contributed by atoms with van der Waals surface area (Å²) in [6.45, 7) is 9.50. The third-order valence-electron chi connectivity index (χ3n) is 5.64. The number of hydrogen-bond donors (Lipinski definition) is 1. The van der Waals surface area contributed by atoms with Crippen LogP contribution < -0.4 is 10.2 Å². The van der Waals surface area contributed by atoms with E-state index in [4.69, 9.17) is 4.99 Å². The molecule has 0 aliphatic carbocycles. The van der Waals surface area contributed by atoms with Crippen LogP contribution in [0.15, 0.2) is 10.4 Å². The molecule has 2 saturated heterocycles. The Bertz CT molecular complexity index is 696. The number of aromatic nitrogens is 1. The van der Waals surface area contributed by atoms with Gasteiger partial charge in [-0.1, -0.05) is 12.8 Å². The molecule has 0 spiro atoms. The Balaban J connectivity index is 0.00000341. The predicted molar refractivity (Wildman–Crippen MR) is 140 cm³/mol. The zero-order valence-electron chi connectivity index (χ0n) is 19.2. The van der Waals surface area contributed by atoms with Crippen molar-refractivity contribution in [1.29, 1.82) is 0 Å². The van der Waals surface area contributed by atoms with Gasteiger partial charge in [-0.2, -0.15) is 0 Å². The zero-order valence-corrected chi connectivity index (χ0v) is 22.3. The van der Waals surface area contributed by atoms with Crippen LogP contribution in [0, 0.1) is 0 Å². The van der Waals surface area contributed by atoms with E-state index < -0.39 is 0 Å². The molecule has 0 aromatic carbocycles. The maximum atomic E-state index is 12.7. The van der Waals surface area contributed by atoms with Crippen LogP contribution in [0.2, 0.25) is 0 Å². The van der Waals surface area contributed by atoms with Gasteiger partial charge in [0, 0.05) is 65.3 Å². The average Bonchev–Trinajstić information content (AvgIpc) is 3.05. The highest BCUT2D eigenvalue weighted by Crippen LogP contribution is 2.18. The van der Waals surface area contributed by atoms with E-state index in [1.165, 1.54) is 12.8 Å². The topological polar surface area (TPSA) is 67.3 Å². The largest absolute Gasteiger partial charge is 0.357 e. The molecule has 1 N–H and O–H groups in total. The smallest absolute Gasteiger partial charge is 0.236 e. The average molecular weight is 564 g/mol. The highest BCUT2D eigenvalue weighted by molar-refractivity contribution is 14.0. The number of nitrogens with one attached hydrogen (secondary N) is 1. The molecule has 176 valence electrons. The van der Waals surface area contributed by atoms with E-state index in [1.807, 2.05) is 19.0 Å². The summed E-state index contributed by atoms with van der Waals surface area (Å²) in [5.74, 6) is 1.24. The first-order valence-corrected chi connectivity index (χ1v) is 12.1. The minimum absolute atomic E-state index is 0. The van der Waals surface area contributed by atoms with Crippen LogP contribution in [-0.2, 0) is 11.3 Å². The maximum absolute atomic E-state index is 12.7. The lowest BCUT2D eigenvalue weighted by atomic mass is 10.2. The standard InChI is InChI=1S/C21H37N7OS.HI/c1-4-22-20(23-15-18-17-30-21(24-18)25(2)3)28-13-11-26(12-14-28)16-19(29)27-9-7-5-6-8-10-27;/h17H,4-16H2,1-3H3,(H,22,23);1H. The quantitative estimate of drug-likeness (QED) is 0.326. The summed E-state index contributed by atoms with van der Waals surface area (Å²) in [5.41, 5.74) is 1.00. The number of carbonyl (C=O) groups is 1. The van der Waals surface area contributed by atoms with Crippen molar-refractivity contribution in [3.8, 4) is 0 Å². The van der Waals surface area contributed by atoms with Gasteiger partial charge >= 0.3 is 0 Å². The van der Waals surface area contributed by atoms with Crippen LogP contribution in [0.1, 0.15) is 38.3 Å². The number of carbonyl (C=O) groups excluding carboxylic acids is 1. The molecule has 0 unspecified atom stereocenters. The number of hydrogen-bond acceptors (Lipinski definition) is 6. The fraction of sp³-hybridized carbons (Fsp3) is 0.762. The molecule has 2 aliphatic heterocycles. The van der Waals surface area contributed by atoms with Crippen molar-refractivity contribution < 1.29 is 4.79 Å². The Morgan fingerprint density at radius 3 is 2.35 bits per heavy atom. The third kappa shape index (κ3) is 8.05. The Hall–Kier alpha value is -1.14. The molecular formula is C21H38IN7OS. The number of rotatable bonds is 6. The summed E-state index contributed by atoms with van der Waals surface area (Å²) in [6.07, 6.45) is 4.81. The molecule has 1 amide bonds. The molecule has 3 rings (SSSR count). The van der Waals surface area contributed by atoms with Gasteiger partial charge in [-0.25, -0.2) is 9.98 Å². The van der Waals surface area contributed by atoms with Crippen molar-refractivity contribution in [1.82, 2.24) is 25.0 Å². The minimum atomic E-state index is 0. The lowest BCUT2D eigenvalue weighted by Gasteiger charge is -2.37. The van der Waals surface area contributed by atoms with Crippen LogP contribution in [0.5, 0.6) is 0 Å². The second-order valence-corrected chi connectivity index (χ2v) is 9.08. The van der Waals surface area contributed by atoms with Gasteiger partial charge in [0.2, 0.25) is 5.91 Å². The number of amides is 1. The summed E-state index contributed by atoms with van der Waals surface area (Å²) in [6, 6.07) is 0. The number of halogens is 1. The highest BCUT2D eigenvalue weighted by Gasteiger charge is 2.23. The Morgan fingerprint density at radius 1 is 1.10 bits per heavy atom. The molecule has 31 heavy (non-hydrogen) atoms. The maximum Gasteiger partial charge on any atom is 0.236 e. The van der Waals surface area contributed by atoms with E-state index in [1.54, 1.807) is 11.3 Å². The number of aliphatic imine (C=N–C) groups is 1. The third-order valence-corrected chi connectivity index (χ3v) is 6.69. The summed E-state index contributed by atoms with van der Waals surface area (Å²) in [4.78, 5) is 30.8. The van der Waals surface area contributed by atoms with E-state index >= 15 is 0 Å². The van der Waals surface area contributed by atoms with Crippen LogP contribution in [0.25, 0.3) is 0 Å². The van der Waals surface area contributed by atoms with Crippen LogP contribution in [-0.4, -0.2) is 98.0 Å². The second kappa shape index (κ2) is 13.4. The molecule has 0 bridgehead atoms. The van der Waals surface area contributed by atoms with Crippen molar-refractivity contribution >= 4 is 52.3 Å². The van der Waals surface area contributed by atoms with Crippen LogP contribution >= 0.6 is 35.3 Å². The number of piperazine rings is 1. The molecule has 8 nitrogen and oxygen atoms in total. The monoisotopic (exact) mass is 563 g/mol. The van der Waals surface area contributed by atoms with E-state index in [-0.39, 0.29) is 24.0 Å². The zero-order chi connectivity index (χ0) is 21.3. The molecule has 0 saturated carbocycles. The van der Waals surface area contributed by atoms with E-state index in [0.29, 0.717) is 19.0 Å². The van der Waals surface area contributed by atoms with Gasteiger partial charge < -0.3 is 20.0 Å². The van der Waals surface area contributed by atoms with Crippen molar-refractivity contribution in [2.24, 2.45) is 4.99 Å². The lowest BCUT2D eigenvalue weighted by Crippen LogP contribution is -2.54. The van der Waals surface area contributed by atoms with E-state index in [9.17, 15) is 4.79 Å². The van der Waals surface area contributed by atoms with Gasteiger partial charge in [-0.15, -0.1) is 35.3 Å². The fourth-order valence-electron chi connectivity index (χ4n) is 3.89. The van der Waals surface area contributed by atoms with Crippen LogP contribution in [0.3, 0.4) is 0 Å². The molecule has 10 heteroatoms. The minimum Gasteiger partial charge on any atom is -0.357 e. The molecule has 1 aromatic heterocycles. The summed E-state index contributed by atoms with van der Waals surface area (Å²) >= 11 is 1.65. The van der Waals surface area contributed by atoms with Gasteiger partial charge in [0.05, 0.1) is 18.8 Å². The summed E-state index contributed by atoms with van der Waals surface area (Å²) < 4.78 is 0. The number of thiazole rings is 1. The SMILES string of the molecule is CCNC(=NCc1csc(N(C)C)n1)N1CCN(CC(=O)N2CCCCCC2)CC1.I. The van der Waals surface area contributed by atoms with Gasteiger partial charge in [-0.05, 0) is 19.8 Å². The number of guanidine groups is 1. The molecule has 1 aromatic rings. The highest BCUT2D eigenvalue weighted by atomic mass is 127. The summed E-state index contributed by atoms with van der Waals surface area (Å²) in [5, 5.41) is 6.50. The lowest BCUT2D eigenvalue weighted by molar-refractivity contribution is -0.132. The van der Waals surface area contributed by atoms with E-state index in [0.717, 1.165) is 75.4 Å². The summed E-state index contributed by atoms with van der Waals surface area (Å²) in [7, 11) is 4.01. The molecular weight excluding hydrogens is 525 g/mol. The van der Waals surface area contributed by atoms with Gasteiger partial charge in [0.25, 0.3) is 0 Å². The van der Waals surface area contributed by atoms with Crippen molar-refractivity contribution in [2.45, 2.75) is 39.2 Å². The molecule has 0 radical (unpaired) electrons. The predicted octanol–water partition coefficient (Wildman–Crippen LogP) is 2.31. The Kier molecular flexibility index (Phi) is 11.3. The number of likely N-dealkylation sites (tertiary alicyclic amines) is 1. The molecule has 3 heterocycles. The number of anilines is 1. The fourth-order valence-corrected chi connectivity index (χ4v) is 4.63. The molecule has 2 aliphatic rings. The Labute approximate surface area is 208 Å². The van der Waals surface area contributed by atoms with E-state index in [2.05, 4.69) is 37.3 Å². The van der Waals surface area contributed by atoms with Crippen molar-refractivity contribution in [3.05, 3.63) is 11.1 Å². The number of nitrogens with zero attached hydrogens (tertiary/aromatic N) is 6. The van der Waals surface area contributed by atoms with Crippen LogP contribution in [0.4, 0.5) is 5.13 Å². The van der Waals surface area contributed by atoms with Gasteiger partial charge in [-0.3, -0.25) is 9.69 Å². The van der Waals surface area contributed by atoms with Crippen molar-refractivity contribution in [3.63, 3.8) is 0 Å². The molecule has 2 fully saturated rings. The first-order chi connectivity index (χ1) is 14.6. The first-order valence-electron chi connectivity index (χ1n) is 11.2. The normalized spacial score (nSPS) is 18.4. The second-order valence-electron chi connectivity index (χ2n) is 8.24. The first kappa shape index (κ1) is 26.1. The molecule has 0 atom stereocenters. The Morgan fingerprint density at radius 2 is 1.77 bits per heavy atom. The van der Waals surface area contributed by atoms with Gasteiger partial charge in [0.15, 0.2) is 11.1 Å².